The van der Waals surface area contributed by atoms with Crippen molar-refractivity contribution >= 4 is 34.5 Å². The highest BCUT2D eigenvalue weighted by atomic mass is 35.5. The van der Waals surface area contributed by atoms with Gasteiger partial charge in [0.25, 0.3) is 0 Å². The molecule has 1 N–H and O–H groups in total. The van der Waals surface area contributed by atoms with Crippen molar-refractivity contribution in [1.29, 1.82) is 0 Å². The molecule has 0 bridgehead atoms. The van der Waals surface area contributed by atoms with Crippen LogP contribution in [0.1, 0.15) is 23.3 Å². The number of nitrogens with one attached hydrogen (secondary N) is 1. The van der Waals surface area contributed by atoms with E-state index in [1.807, 2.05) is 18.2 Å². The van der Waals surface area contributed by atoms with Crippen LogP contribution in [0.3, 0.4) is 0 Å². The molecule has 1 atom stereocenters. The SMILES string of the molecule is Clc1cccc(CC(CNC2CC2)Cc2ccc(Cl)s2)c1. The number of hydrogen-bond acceptors (Lipinski definition) is 2. The summed E-state index contributed by atoms with van der Waals surface area (Å²) in [4.78, 5) is 1.37. The molecular formula is C17H19Cl2NS. The van der Waals surface area contributed by atoms with Crippen LogP contribution in [-0.4, -0.2) is 12.6 Å². The average molecular weight is 340 g/mol. The number of rotatable bonds is 7. The predicted octanol–water partition coefficient (Wildman–Crippen LogP) is 5.21. The molecule has 1 aromatic heterocycles. The molecule has 1 heterocycles. The highest BCUT2D eigenvalue weighted by Crippen LogP contribution is 2.26. The molecule has 0 radical (unpaired) electrons. The molecule has 1 nitrogen and oxygen atoms in total. The standard InChI is InChI=1S/C17H19Cl2NS/c18-14-3-1-2-12(9-14)8-13(11-20-15-4-5-15)10-16-6-7-17(19)21-16/h1-3,6-7,9,13,15,20H,4-5,8,10-11H2. The molecule has 0 spiro atoms. The monoisotopic (exact) mass is 339 g/mol. The quantitative estimate of drug-likeness (QED) is 0.730. The van der Waals surface area contributed by atoms with Crippen LogP contribution in [0.25, 0.3) is 0 Å². The maximum atomic E-state index is 6.10. The van der Waals surface area contributed by atoms with Crippen molar-refractivity contribution in [3.05, 3.63) is 56.2 Å². The lowest BCUT2D eigenvalue weighted by atomic mass is 9.95. The summed E-state index contributed by atoms with van der Waals surface area (Å²) in [7, 11) is 0. The lowest BCUT2D eigenvalue weighted by molar-refractivity contribution is 0.471. The van der Waals surface area contributed by atoms with Crippen LogP contribution in [0.5, 0.6) is 0 Å². The van der Waals surface area contributed by atoms with E-state index in [2.05, 4.69) is 23.5 Å². The third kappa shape index (κ3) is 5.00. The van der Waals surface area contributed by atoms with Crippen molar-refractivity contribution in [2.24, 2.45) is 5.92 Å². The second kappa shape index (κ2) is 7.15. The largest absolute Gasteiger partial charge is 0.314 e. The van der Waals surface area contributed by atoms with Crippen LogP contribution in [-0.2, 0) is 12.8 Å². The summed E-state index contributed by atoms with van der Waals surface area (Å²) >= 11 is 13.8. The van der Waals surface area contributed by atoms with E-state index in [9.17, 15) is 0 Å². The van der Waals surface area contributed by atoms with E-state index in [1.165, 1.54) is 23.3 Å². The number of hydrogen-bond donors (Lipinski definition) is 1. The fraction of sp³-hybridized carbons (Fsp3) is 0.412. The van der Waals surface area contributed by atoms with Gasteiger partial charge in [-0.2, -0.15) is 0 Å². The highest BCUT2D eigenvalue weighted by Gasteiger charge is 2.22. The maximum absolute atomic E-state index is 6.10. The normalized spacial score (nSPS) is 16.1. The lowest BCUT2D eigenvalue weighted by Gasteiger charge is -2.17. The molecule has 1 aliphatic carbocycles. The number of benzene rings is 1. The molecule has 1 aromatic carbocycles. The minimum absolute atomic E-state index is 0.582. The van der Waals surface area contributed by atoms with Crippen molar-refractivity contribution in [2.75, 3.05) is 6.54 Å². The van der Waals surface area contributed by atoms with Crippen LogP contribution in [0, 0.1) is 5.92 Å². The second-order valence-electron chi connectivity index (χ2n) is 5.79. The molecule has 0 saturated heterocycles. The van der Waals surface area contributed by atoms with Gasteiger partial charge in [-0.3, -0.25) is 0 Å². The van der Waals surface area contributed by atoms with Crippen molar-refractivity contribution in [3.63, 3.8) is 0 Å². The van der Waals surface area contributed by atoms with Gasteiger partial charge in [-0.05, 0) is 68.0 Å². The fourth-order valence-corrected chi connectivity index (χ4v) is 4.00. The molecule has 1 saturated carbocycles. The summed E-state index contributed by atoms with van der Waals surface area (Å²) in [5.41, 5.74) is 1.31. The van der Waals surface area contributed by atoms with Crippen LogP contribution in [0.2, 0.25) is 9.36 Å². The zero-order valence-corrected chi connectivity index (χ0v) is 14.1. The van der Waals surface area contributed by atoms with E-state index in [4.69, 9.17) is 23.2 Å². The first-order valence-electron chi connectivity index (χ1n) is 7.41. The third-order valence-corrected chi connectivity index (χ3v) is 5.29. The van der Waals surface area contributed by atoms with Gasteiger partial charge >= 0.3 is 0 Å². The highest BCUT2D eigenvalue weighted by molar-refractivity contribution is 7.16. The van der Waals surface area contributed by atoms with Gasteiger partial charge in [0.2, 0.25) is 0 Å². The van der Waals surface area contributed by atoms with Crippen molar-refractivity contribution < 1.29 is 0 Å². The van der Waals surface area contributed by atoms with Gasteiger partial charge in [-0.25, -0.2) is 0 Å². The topological polar surface area (TPSA) is 12.0 Å². The van der Waals surface area contributed by atoms with Crippen molar-refractivity contribution in [1.82, 2.24) is 5.32 Å². The molecule has 2 aromatic rings. The Labute approximate surface area is 140 Å². The van der Waals surface area contributed by atoms with E-state index in [0.29, 0.717) is 5.92 Å². The molecular weight excluding hydrogens is 321 g/mol. The summed E-state index contributed by atoms with van der Waals surface area (Å²) in [5.74, 6) is 0.582. The Morgan fingerprint density at radius 3 is 2.67 bits per heavy atom. The van der Waals surface area contributed by atoms with Crippen molar-refractivity contribution in [3.8, 4) is 0 Å². The third-order valence-electron chi connectivity index (χ3n) is 3.80. The summed E-state index contributed by atoms with van der Waals surface area (Å²) in [6.07, 6.45) is 4.78. The number of halogens is 2. The van der Waals surface area contributed by atoms with Crippen molar-refractivity contribution in [2.45, 2.75) is 31.7 Å². The molecule has 0 amide bonds. The summed E-state index contributed by atoms with van der Waals surface area (Å²) < 4.78 is 0.877. The molecule has 0 aliphatic heterocycles. The fourth-order valence-electron chi connectivity index (χ4n) is 2.58. The van der Waals surface area contributed by atoms with E-state index in [1.54, 1.807) is 11.3 Å². The van der Waals surface area contributed by atoms with Crippen LogP contribution in [0.15, 0.2) is 36.4 Å². The van der Waals surface area contributed by atoms with Gasteiger partial charge in [-0.1, -0.05) is 35.3 Å². The summed E-state index contributed by atoms with van der Waals surface area (Å²) in [5, 5.41) is 4.48. The van der Waals surface area contributed by atoms with Gasteiger partial charge in [0.1, 0.15) is 0 Å². The Morgan fingerprint density at radius 1 is 1.14 bits per heavy atom. The lowest BCUT2D eigenvalue weighted by Crippen LogP contribution is -2.27. The van der Waals surface area contributed by atoms with E-state index in [-0.39, 0.29) is 0 Å². The maximum Gasteiger partial charge on any atom is 0.0931 e. The molecule has 1 unspecified atom stereocenters. The molecule has 112 valence electrons. The van der Waals surface area contributed by atoms with Gasteiger partial charge in [0.15, 0.2) is 0 Å². The summed E-state index contributed by atoms with van der Waals surface area (Å²) in [6, 6.07) is 13.1. The van der Waals surface area contributed by atoms with E-state index in [0.717, 1.165) is 34.8 Å². The average Bonchev–Trinajstić information content (AvgIpc) is 3.19. The minimum Gasteiger partial charge on any atom is -0.314 e. The molecule has 21 heavy (non-hydrogen) atoms. The van der Waals surface area contributed by atoms with Crippen LogP contribution in [0.4, 0.5) is 0 Å². The zero-order valence-electron chi connectivity index (χ0n) is 11.8. The molecule has 4 heteroatoms. The zero-order chi connectivity index (χ0) is 14.7. The number of thiophene rings is 1. The van der Waals surface area contributed by atoms with Crippen LogP contribution >= 0.6 is 34.5 Å². The Hall–Kier alpha value is -0.540. The van der Waals surface area contributed by atoms with Crippen LogP contribution < -0.4 is 5.32 Å². The van der Waals surface area contributed by atoms with Gasteiger partial charge in [0, 0.05) is 15.9 Å². The second-order valence-corrected chi connectivity index (χ2v) is 8.03. The van der Waals surface area contributed by atoms with Gasteiger partial charge < -0.3 is 5.32 Å². The van der Waals surface area contributed by atoms with E-state index >= 15 is 0 Å². The molecule has 1 aliphatic rings. The smallest absolute Gasteiger partial charge is 0.0931 e. The molecule has 1 fully saturated rings. The predicted molar refractivity (Wildman–Crippen MR) is 92.7 cm³/mol. The first-order chi connectivity index (χ1) is 10.2. The Morgan fingerprint density at radius 2 is 2.00 bits per heavy atom. The minimum atomic E-state index is 0.582. The first kappa shape index (κ1) is 15.4. The summed E-state index contributed by atoms with van der Waals surface area (Å²) in [6.45, 7) is 1.06. The molecule has 3 rings (SSSR count). The van der Waals surface area contributed by atoms with Gasteiger partial charge in [0.05, 0.1) is 4.34 Å². The Bertz CT molecular complexity index is 592. The first-order valence-corrected chi connectivity index (χ1v) is 8.98. The van der Waals surface area contributed by atoms with Gasteiger partial charge in [-0.15, -0.1) is 11.3 Å². The Balaban J connectivity index is 1.65. The Kier molecular flexibility index (Phi) is 5.23. The van der Waals surface area contributed by atoms with E-state index < -0.39 is 0 Å².